The number of rotatable bonds is 6. The van der Waals surface area contributed by atoms with Crippen LogP contribution in [-0.2, 0) is 9.53 Å². The Bertz CT molecular complexity index is 664. The Morgan fingerprint density at radius 2 is 2.12 bits per heavy atom. The summed E-state index contributed by atoms with van der Waals surface area (Å²) < 4.78 is 11.9. The van der Waals surface area contributed by atoms with Crippen molar-refractivity contribution in [2.75, 3.05) is 7.11 Å². The Hall–Kier alpha value is -1.63. The monoisotopic (exact) mass is 455 g/mol. The fraction of sp³-hybridized carbons (Fsp3) is 0.400. The Morgan fingerprint density at radius 1 is 1.28 bits per heavy atom. The van der Waals surface area contributed by atoms with Gasteiger partial charge in [-0.1, -0.05) is 0 Å². The first-order valence-electron chi connectivity index (χ1n) is 8.46. The molecule has 0 saturated heterocycles. The van der Waals surface area contributed by atoms with Gasteiger partial charge in [-0.2, -0.15) is 0 Å². The van der Waals surface area contributed by atoms with Crippen LogP contribution in [0.4, 0.5) is 4.79 Å². The molecule has 1 atom stereocenters. The number of ether oxygens (including phenoxy) is 2. The summed E-state index contributed by atoms with van der Waals surface area (Å²) in [5.41, 5.74) is 1.69. The van der Waals surface area contributed by atoms with Crippen LogP contribution in [0, 0.1) is 3.57 Å². The molecule has 0 spiro atoms. The maximum absolute atomic E-state index is 12.3. The molecule has 1 aliphatic carbocycles. The molecule has 0 fully saturated rings. The third-order valence-electron chi connectivity index (χ3n) is 4.05. The summed E-state index contributed by atoms with van der Waals surface area (Å²) in [6.45, 7) is 1.86. The molecular formula is C20H24IO4-. The second-order valence-corrected chi connectivity index (χ2v) is 8.55. The third kappa shape index (κ3) is 6.30. The van der Waals surface area contributed by atoms with Crippen LogP contribution in [-0.4, -0.2) is 23.5 Å². The van der Waals surface area contributed by atoms with Crippen LogP contribution in [0.1, 0.15) is 44.6 Å². The van der Waals surface area contributed by atoms with Gasteiger partial charge in [0.1, 0.15) is 0 Å². The number of methoxy groups -OCH3 is 1. The Kier molecular flexibility index (Phi) is 8.18. The summed E-state index contributed by atoms with van der Waals surface area (Å²) in [6, 6.07) is 5.69. The molecule has 0 aromatic heterocycles. The standard InChI is InChI=1S/C20H24IO4/c1-15(12-13-22)18-11-10-16(14-19(18)24-2)21-20(23)25-17-8-6-4-3-5-7-9-17/h6,8,10-14,17H,3-5,7,9H2,1-2H3/q-1/b8-6+,15-12-. The summed E-state index contributed by atoms with van der Waals surface area (Å²) in [6.07, 6.45) is 11.8. The summed E-state index contributed by atoms with van der Waals surface area (Å²) in [4.78, 5) is 23.0. The van der Waals surface area contributed by atoms with Crippen molar-refractivity contribution in [1.82, 2.24) is 0 Å². The van der Waals surface area contributed by atoms with Crippen LogP contribution in [0.3, 0.4) is 0 Å². The number of carbonyl (C=O) groups excluding carboxylic acids is 2. The van der Waals surface area contributed by atoms with Crippen LogP contribution in [0.15, 0.2) is 36.4 Å². The van der Waals surface area contributed by atoms with Gasteiger partial charge in [0, 0.05) is 0 Å². The topological polar surface area (TPSA) is 52.6 Å². The molecule has 0 heterocycles. The number of allylic oxidation sites excluding steroid dienone is 3. The molecule has 0 aliphatic heterocycles. The van der Waals surface area contributed by atoms with Crippen molar-refractivity contribution in [2.24, 2.45) is 0 Å². The van der Waals surface area contributed by atoms with Gasteiger partial charge in [-0.3, -0.25) is 0 Å². The number of aldehydes is 1. The van der Waals surface area contributed by atoms with Gasteiger partial charge in [-0.15, -0.1) is 0 Å². The SMILES string of the molecule is COc1cc([I-]C(=O)OC2/C=C/CCCCC2)ccc1/C(C)=C\C=O. The molecule has 136 valence electrons. The summed E-state index contributed by atoms with van der Waals surface area (Å²) in [7, 11) is 1.59. The van der Waals surface area contributed by atoms with Gasteiger partial charge in [0.15, 0.2) is 0 Å². The Labute approximate surface area is 159 Å². The van der Waals surface area contributed by atoms with Crippen LogP contribution >= 0.6 is 0 Å². The number of benzene rings is 1. The van der Waals surface area contributed by atoms with E-state index in [1.807, 2.05) is 31.2 Å². The Morgan fingerprint density at radius 3 is 2.88 bits per heavy atom. The molecule has 5 heteroatoms. The van der Waals surface area contributed by atoms with Crippen molar-refractivity contribution in [3.8, 4) is 5.75 Å². The van der Waals surface area contributed by atoms with E-state index >= 15 is 0 Å². The first kappa shape index (κ1) is 19.7. The summed E-state index contributed by atoms with van der Waals surface area (Å²) in [5, 5.41) is 0. The van der Waals surface area contributed by atoms with Crippen molar-refractivity contribution in [3.63, 3.8) is 0 Å². The zero-order chi connectivity index (χ0) is 18.1. The van der Waals surface area contributed by atoms with Crippen LogP contribution in [0.25, 0.3) is 5.57 Å². The Balaban J connectivity index is 2.03. The molecule has 0 bridgehead atoms. The van der Waals surface area contributed by atoms with Gasteiger partial charge in [0.05, 0.1) is 0 Å². The van der Waals surface area contributed by atoms with E-state index in [9.17, 15) is 9.59 Å². The van der Waals surface area contributed by atoms with Gasteiger partial charge in [0.2, 0.25) is 0 Å². The minimum absolute atomic E-state index is 0.0913. The van der Waals surface area contributed by atoms with E-state index in [0.717, 1.165) is 40.3 Å². The van der Waals surface area contributed by atoms with Crippen molar-refractivity contribution >= 4 is 15.8 Å². The number of hydrogen-bond donors (Lipinski definition) is 0. The summed E-state index contributed by atoms with van der Waals surface area (Å²) >= 11 is -0.907. The van der Waals surface area contributed by atoms with Crippen LogP contribution in [0.5, 0.6) is 5.75 Å². The molecule has 2 rings (SSSR count). The van der Waals surface area contributed by atoms with Gasteiger partial charge < -0.3 is 0 Å². The van der Waals surface area contributed by atoms with Crippen molar-refractivity contribution < 1.29 is 40.3 Å². The van der Waals surface area contributed by atoms with Crippen molar-refractivity contribution in [2.45, 2.75) is 45.1 Å². The fourth-order valence-electron chi connectivity index (χ4n) is 2.70. The number of hydrogen-bond acceptors (Lipinski definition) is 4. The minimum atomic E-state index is -0.907. The second kappa shape index (κ2) is 10.4. The molecule has 0 N–H and O–H groups in total. The molecule has 1 aliphatic rings. The molecule has 0 amide bonds. The average Bonchev–Trinajstić information content (AvgIpc) is 2.57. The maximum atomic E-state index is 12.3. The number of halogens is 1. The van der Waals surface area contributed by atoms with E-state index in [0.29, 0.717) is 5.75 Å². The first-order chi connectivity index (χ1) is 12.1. The van der Waals surface area contributed by atoms with Gasteiger partial charge in [0.25, 0.3) is 0 Å². The quantitative estimate of drug-likeness (QED) is 0.215. The van der Waals surface area contributed by atoms with E-state index in [2.05, 4.69) is 6.08 Å². The predicted molar refractivity (Wildman–Crippen MR) is 93.9 cm³/mol. The molecule has 25 heavy (non-hydrogen) atoms. The molecular weight excluding hydrogens is 431 g/mol. The van der Waals surface area contributed by atoms with Crippen LogP contribution in [0.2, 0.25) is 0 Å². The van der Waals surface area contributed by atoms with E-state index in [1.165, 1.54) is 18.9 Å². The van der Waals surface area contributed by atoms with Crippen molar-refractivity contribution in [3.05, 3.63) is 45.6 Å². The van der Waals surface area contributed by atoms with Crippen molar-refractivity contribution in [1.29, 1.82) is 0 Å². The number of carbonyl (C=O) groups is 2. The third-order valence-corrected chi connectivity index (χ3v) is 6.04. The molecule has 1 aromatic rings. The predicted octanol–water partition coefficient (Wildman–Crippen LogP) is 1.58. The van der Waals surface area contributed by atoms with Crippen LogP contribution < -0.4 is 25.9 Å². The van der Waals surface area contributed by atoms with Gasteiger partial charge in [-0.05, 0) is 0 Å². The zero-order valence-corrected chi connectivity index (χ0v) is 16.8. The first-order valence-corrected chi connectivity index (χ1v) is 10.6. The molecule has 0 saturated carbocycles. The summed E-state index contributed by atoms with van der Waals surface area (Å²) in [5.74, 6) is 0.673. The normalized spacial score (nSPS) is 19.6. The second-order valence-electron chi connectivity index (χ2n) is 5.88. The molecule has 4 nitrogen and oxygen atoms in total. The van der Waals surface area contributed by atoms with E-state index in [4.69, 9.17) is 9.47 Å². The van der Waals surface area contributed by atoms with E-state index in [-0.39, 0.29) is 10.1 Å². The van der Waals surface area contributed by atoms with E-state index in [1.54, 1.807) is 7.11 Å². The zero-order valence-electron chi connectivity index (χ0n) is 14.7. The van der Waals surface area contributed by atoms with Gasteiger partial charge >= 0.3 is 160 Å². The molecule has 1 unspecified atom stereocenters. The molecule has 1 aromatic carbocycles. The van der Waals surface area contributed by atoms with E-state index < -0.39 is 21.2 Å². The van der Waals surface area contributed by atoms with Gasteiger partial charge in [-0.25, -0.2) is 0 Å². The molecule has 0 radical (unpaired) electrons. The average molecular weight is 455 g/mol. The fourth-order valence-corrected chi connectivity index (χ4v) is 4.46.